The van der Waals surface area contributed by atoms with Gasteiger partial charge in [-0.25, -0.2) is 4.98 Å². The molecular weight excluding hydrogens is 274 g/mol. The molecule has 0 saturated carbocycles. The van der Waals surface area contributed by atoms with Crippen LogP contribution >= 0.6 is 11.3 Å². The summed E-state index contributed by atoms with van der Waals surface area (Å²) in [5.74, 6) is 0. The van der Waals surface area contributed by atoms with Crippen molar-refractivity contribution in [3.05, 3.63) is 11.1 Å². The second-order valence-corrected chi connectivity index (χ2v) is 6.29. The SMILES string of the molecule is CCN(CC)c1ncc(CN2CC(CO)OCC2C)s1. The van der Waals surface area contributed by atoms with Crippen molar-refractivity contribution in [2.24, 2.45) is 0 Å². The third kappa shape index (κ3) is 3.69. The number of rotatable bonds is 6. The van der Waals surface area contributed by atoms with Gasteiger partial charge >= 0.3 is 0 Å². The Hall–Kier alpha value is -0.690. The number of aliphatic hydroxyl groups excluding tert-OH is 1. The van der Waals surface area contributed by atoms with Crippen LogP contribution in [0.25, 0.3) is 0 Å². The van der Waals surface area contributed by atoms with Gasteiger partial charge in [-0.1, -0.05) is 0 Å². The predicted molar refractivity (Wildman–Crippen MR) is 82.4 cm³/mol. The van der Waals surface area contributed by atoms with Crippen molar-refractivity contribution in [3.63, 3.8) is 0 Å². The third-order valence-corrected chi connectivity index (χ3v) is 4.82. The van der Waals surface area contributed by atoms with Gasteiger partial charge in [-0.2, -0.15) is 0 Å². The van der Waals surface area contributed by atoms with Crippen molar-refractivity contribution in [1.29, 1.82) is 0 Å². The number of morpholine rings is 1. The predicted octanol–water partition coefficient (Wildman–Crippen LogP) is 1.57. The molecule has 0 spiro atoms. The molecule has 6 heteroatoms. The van der Waals surface area contributed by atoms with E-state index in [-0.39, 0.29) is 12.7 Å². The zero-order chi connectivity index (χ0) is 14.5. The number of aromatic nitrogens is 1. The largest absolute Gasteiger partial charge is 0.394 e. The maximum atomic E-state index is 9.23. The first-order valence-corrected chi connectivity index (χ1v) is 8.15. The summed E-state index contributed by atoms with van der Waals surface area (Å²) < 4.78 is 5.57. The molecule has 0 bridgehead atoms. The average molecular weight is 299 g/mol. The number of thiazole rings is 1. The van der Waals surface area contributed by atoms with Crippen molar-refractivity contribution in [1.82, 2.24) is 9.88 Å². The Bertz CT molecular complexity index is 409. The zero-order valence-corrected chi connectivity index (χ0v) is 13.4. The third-order valence-electron chi connectivity index (χ3n) is 3.77. The van der Waals surface area contributed by atoms with Crippen LogP contribution in [-0.2, 0) is 11.3 Å². The van der Waals surface area contributed by atoms with Gasteiger partial charge in [0.25, 0.3) is 0 Å². The van der Waals surface area contributed by atoms with Crippen LogP contribution in [0.3, 0.4) is 0 Å². The van der Waals surface area contributed by atoms with Gasteiger partial charge in [-0.15, -0.1) is 11.3 Å². The van der Waals surface area contributed by atoms with E-state index < -0.39 is 0 Å². The van der Waals surface area contributed by atoms with E-state index in [0.29, 0.717) is 12.6 Å². The number of hydrogen-bond acceptors (Lipinski definition) is 6. The van der Waals surface area contributed by atoms with Crippen LogP contribution in [0.4, 0.5) is 5.13 Å². The van der Waals surface area contributed by atoms with E-state index in [9.17, 15) is 5.11 Å². The summed E-state index contributed by atoms with van der Waals surface area (Å²) in [6.07, 6.45) is 1.93. The van der Waals surface area contributed by atoms with E-state index in [1.165, 1.54) is 4.88 Å². The van der Waals surface area contributed by atoms with Crippen molar-refractivity contribution in [2.45, 2.75) is 39.5 Å². The minimum absolute atomic E-state index is 0.0543. The van der Waals surface area contributed by atoms with Crippen LogP contribution in [0.5, 0.6) is 0 Å². The number of ether oxygens (including phenoxy) is 1. The van der Waals surface area contributed by atoms with Gasteiger partial charge in [-0.3, -0.25) is 4.90 Å². The first-order valence-electron chi connectivity index (χ1n) is 7.34. The van der Waals surface area contributed by atoms with Crippen molar-refractivity contribution < 1.29 is 9.84 Å². The first kappa shape index (κ1) is 15.7. The number of hydrogen-bond donors (Lipinski definition) is 1. The Balaban J connectivity index is 1.98. The van der Waals surface area contributed by atoms with Crippen molar-refractivity contribution in [2.75, 3.05) is 37.7 Å². The monoisotopic (exact) mass is 299 g/mol. The van der Waals surface area contributed by atoms with E-state index >= 15 is 0 Å². The molecule has 0 amide bonds. The van der Waals surface area contributed by atoms with E-state index in [2.05, 4.69) is 35.6 Å². The summed E-state index contributed by atoms with van der Waals surface area (Å²) in [4.78, 5) is 10.4. The first-order chi connectivity index (χ1) is 9.67. The lowest BCUT2D eigenvalue weighted by Gasteiger charge is -2.37. The van der Waals surface area contributed by atoms with Gasteiger partial charge < -0.3 is 14.7 Å². The molecule has 1 aromatic heterocycles. The molecule has 2 unspecified atom stereocenters. The Morgan fingerprint density at radius 1 is 1.50 bits per heavy atom. The molecule has 114 valence electrons. The molecule has 1 aliphatic rings. The van der Waals surface area contributed by atoms with Crippen LogP contribution in [0.15, 0.2) is 6.20 Å². The molecule has 0 radical (unpaired) electrons. The molecule has 2 heterocycles. The van der Waals surface area contributed by atoms with Gasteiger partial charge in [0.05, 0.1) is 19.3 Å². The van der Waals surface area contributed by atoms with Crippen LogP contribution < -0.4 is 4.90 Å². The van der Waals surface area contributed by atoms with E-state index in [0.717, 1.165) is 31.3 Å². The molecule has 5 nitrogen and oxygen atoms in total. The van der Waals surface area contributed by atoms with Crippen molar-refractivity contribution in [3.8, 4) is 0 Å². The van der Waals surface area contributed by atoms with E-state index in [1.807, 2.05) is 6.20 Å². The van der Waals surface area contributed by atoms with E-state index in [4.69, 9.17) is 4.74 Å². The molecule has 1 saturated heterocycles. The topological polar surface area (TPSA) is 48.8 Å². The molecule has 2 rings (SSSR count). The summed E-state index contributed by atoms with van der Waals surface area (Å²) >= 11 is 1.76. The number of aliphatic hydroxyl groups is 1. The van der Waals surface area contributed by atoms with E-state index in [1.54, 1.807) is 11.3 Å². The molecule has 1 aliphatic heterocycles. The molecule has 2 atom stereocenters. The van der Waals surface area contributed by atoms with Gasteiger partial charge in [0.2, 0.25) is 0 Å². The van der Waals surface area contributed by atoms with Gasteiger partial charge in [0.1, 0.15) is 0 Å². The number of anilines is 1. The average Bonchev–Trinajstić information content (AvgIpc) is 2.91. The Kier molecular flexibility index (Phi) is 5.77. The standard InChI is InChI=1S/C14H25N3O2S/c1-4-16(5-2)14-15-6-13(20-14)8-17-7-12(9-18)19-10-11(17)3/h6,11-12,18H,4-5,7-10H2,1-3H3. The van der Waals surface area contributed by atoms with Crippen LogP contribution in [0.2, 0.25) is 0 Å². The molecular formula is C14H25N3O2S. The fraction of sp³-hybridized carbons (Fsp3) is 0.786. The Labute approximate surface area is 125 Å². The lowest BCUT2D eigenvalue weighted by molar-refractivity contribution is -0.0803. The minimum Gasteiger partial charge on any atom is -0.394 e. The lowest BCUT2D eigenvalue weighted by Crippen LogP contribution is -2.48. The normalized spacial score (nSPS) is 24.0. The fourth-order valence-corrected chi connectivity index (χ4v) is 3.48. The summed E-state index contributed by atoms with van der Waals surface area (Å²) in [7, 11) is 0. The molecule has 0 aromatic carbocycles. The van der Waals surface area contributed by atoms with Gasteiger partial charge in [-0.05, 0) is 20.8 Å². The molecule has 1 aromatic rings. The highest BCUT2D eigenvalue weighted by atomic mass is 32.1. The number of nitrogens with zero attached hydrogens (tertiary/aromatic N) is 3. The highest BCUT2D eigenvalue weighted by Crippen LogP contribution is 2.25. The minimum atomic E-state index is -0.0543. The molecule has 0 aliphatic carbocycles. The Morgan fingerprint density at radius 2 is 2.25 bits per heavy atom. The van der Waals surface area contributed by atoms with Gasteiger partial charge in [0, 0.05) is 43.3 Å². The summed E-state index contributed by atoms with van der Waals surface area (Å²) in [5.41, 5.74) is 0. The zero-order valence-electron chi connectivity index (χ0n) is 12.6. The van der Waals surface area contributed by atoms with Gasteiger partial charge in [0.15, 0.2) is 5.13 Å². The summed E-state index contributed by atoms with van der Waals surface area (Å²) in [5, 5.41) is 10.3. The second kappa shape index (κ2) is 7.36. The maximum absolute atomic E-state index is 9.23. The highest BCUT2D eigenvalue weighted by Gasteiger charge is 2.26. The van der Waals surface area contributed by atoms with Crippen LogP contribution in [0.1, 0.15) is 25.6 Å². The van der Waals surface area contributed by atoms with Crippen LogP contribution in [-0.4, -0.2) is 60.0 Å². The van der Waals surface area contributed by atoms with Crippen LogP contribution in [0, 0.1) is 0 Å². The quantitative estimate of drug-likeness (QED) is 0.864. The maximum Gasteiger partial charge on any atom is 0.185 e. The second-order valence-electron chi connectivity index (χ2n) is 5.20. The smallest absolute Gasteiger partial charge is 0.185 e. The lowest BCUT2D eigenvalue weighted by atomic mass is 10.2. The molecule has 1 fully saturated rings. The highest BCUT2D eigenvalue weighted by molar-refractivity contribution is 7.15. The molecule has 1 N–H and O–H groups in total. The molecule has 20 heavy (non-hydrogen) atoms. The summed E-state index contributed by atoms with van der Waals surface area (Å²) in [6, 6.07) is 0.386. The summed E-state index contributed by atoms with van der Waals surface area (Å²) in [6.45, 7) is 10.9. The van der Waals surface area contributed by atoms with Crippen molar-refractivity contribution >= 4 is 16.5 Å². The Morgan fingerprint density at radius 3 is 2.90 bits per heavy atom. The fourth-order valence-electron chi connectivity index (χ4n) is 2.42.